The Labute approximate surface area is 198 Å². The molecule has 0 saturated carbocycles. The molecule has 1 N–H and O–H groups in total. The van der Waals surface area contributed by atoms with Gasteiger partial charge in [0.25, 0.3) is 0 Å². The second-order valence-corrected chi connectivity index (χ2v) is 10.9. The Morgan fingerprint density at radius 1 is 1.09 bits per heavy atom. The lowest BCUT2D eigenvalue weighted by Crippen LogP contribution is -2.32. The molecule has 5 heteroatoms. The molecular formula is C27H40O4S. The van der Waals surface area contributed by atoms with Crippen molar-refractivity contribution in [3.63, 3.8) is 0 Å². The highest BCUT2D eigenvalue weighted by Gasteiger charge is 2.33. The number of esters is 1. The van der Waals surface area contributed by atoms with Crippen LogP contribution in [0.1, 0.15) is 80.3 Å². The molecule has 178 valence electrons. The zero-order valence-corrected chi connectivity index (χ0v) is 21.8. The van der Waals surface area contributed by atoms with Crippen molar-refractivity contribution < 1.29 is 19.4 Å². The topological polar surface area (TPSA) is 55.8 Å². The van der Waals surface area contributed by atoms with Crippen LogP contribution in [0.3, 0.4) is 0 Å². The molecule has 0 bridgehead atoms. The second-order valence-electron chi connectivity index (χ2n) is 9.76. The number of hydrogen-bond acceptors (Lipinski definition) is 5. The van der Waals surface area contributed by atoms with Crippen LogP contribution in [-0.2, 0) is 21.4 Å². The van der Waals surface area contributed by atoms with Gasteiger partial charge in [-0.2, -0.15) is 0 Å². The van der Waals surface area contributed by atoms with Gasteiger partial charge in [-0.3, -0.25) is 4.79 Å². The number of carbonyl (C=O) groups is 1. The summed E-state index contributed by atoms with van der Waals surface area (Å²) in [5.41, 5.74) is 3.31. The molecule has 1 aromatic carbocycles. The molecule has 2 aromatic rings. The van der Waals surface area contributed by atoms with Gasteiger partial charge in [-0.25, -0.2) is 0 Å². The molecule has 0 fully saturated rings. The van der Waals surface area contributed by atoms with Crippen molar-refractivity contribution in [2.75, 3.05) is 13.7 Å². The van der Waals surface area contributed by atoms with E-state index >= 15 is 0 Å². The number of ether oxygens (including phenoxy) is 2. The minimum absolute atomic E-state index is 0.0762. The number of hydrogen-bond donors (Lipinski definition) is 1. The number of methoxy groups -OCH3 is 1. The van der Waals surface area contributed by atoms with E-state index in [-0.39, 0.29) is 23.4 Å². The largest absolute Gasteiger partial charge is 0.491 e. The summed E-state index contributed by atoms with van der Waals surface area (Å²) in [6.07, 6.45) is 2.58. The maximum Gasteiger partial charge on any atom is 0.305 e. The molecule has 0 amide bonds. The lowest BCUT2D eigenvalue weighted by molar-refractivity contribution is -0.140. The third-order valence-corrected chi connectivity index (χ3v) is 8.11. The van der Waals surface area contributed by atoms with Crippen molar-refractivity contribution in [3.05, 3.63) is 50.7 Å². The molecule has 1 aromatic heterocycles. The molecule has 1 heterocycles. The van der Waals surface area contributed by atoms with Crippen LogP contribution in [0, 0.1) is 19.3 Å². The van der Waals surface area contributed by atoms with Gasteiger partial charge in [0.05, 0.1) is 19.6 Å². The monoisotopic (exact) mass is 460 g/mol. The standard InChI is InChI=1S/C27H40O4S/c1-9-27(10-2,24-16-19(4)22(32-24)13-14-25(29)30-8)20-11-12-21(18(3)15-20)31-17-23(28)26(5,6)7/h11-12,15-16,23,28H,9-10,13-14,17H2,1-8H3. The lowest BCUT2D eigenvalue weighted by Gasteiger charge is -2.32. The van der Waals surface area contributed by atoms with E-state index in [1.54, 1.807) is 0 Å². The van der Waals surface area contributed by atoms with Crippen LogP contribution >= 0.6 is 11.3 Å². The fourth-order valence-electron chi connectivity index (χ4n) is 4.00. The third kappa shape index (κ3) is 5.93. The van der Waals surface area contributed by atoms with E-state index in [4.69, 9.17) is 9.47 Å². The predicted molar refractivity (Wildman–Crippen MR) is 133 cm³/mol. The van der Waals surface area contributed by atoms with Gasteiger partial charge in [-0.1, -0.05) is 46.8 Å². The van der Waals surface area contributed by atoms with Crippen LogP contribution in [0.5, 0.6) is 5.75 Å². The maximum atomic E-state index is 11.6. The molecule has 0 saturated heterocycles. The highest BCUT2D eigenvalue weighted by molar-refractivity contribution is 7.12. The number of aliphatic hydroxyl groups is 1. The summed E-state index contributed by atoms with van der Waals surface area (Å²) in [5.74, 6) is 0.652. The Morgan fingerprint density at radius 3 is 2.28 bits per heavy atom. The molecule has 32 heavy (non-hydrogen) atoms. The number of carbonyl (C=O) groups excluding carboxylic acids is 1. The average Bonchev–Trinajstić information content (AvgIpc) is 3.12. The number of rotatable bonds is 10. The Balaban J connectivity index is 2.32. The number of aryl methyl sites for hydroxylation is 3. The van der Waals surface area contributed by atoms with Gasteiger partial charge < -0.3 is 14.6 Å². The summed E-state index contributed by atoms with van der Waals surface area (Å²) in [5, 5.41) is 10.3. The first kappa shape index (κ1) is 26.4. The SMILES string of the molecule is CCC(CC)(c1ccc(OCC(O)C(C)(C)C)c(C)c1)c1cc(C)c(CCC(=O)OC)s1. The Kier molecular flexibility index (Phi) is 8.95. The molecular weight excluding hydrogens is 420 g/mol. The van der Waals surface area contributed by atoms with Crippen molar-refractivity contribution in [3.8, 4) is 5.75 Å². The first-order valence-corrected chi connectivity index (χ1v) is 12.4. The normalized spacial score (nSPS) is 13.2. The van der Waals surface area contributed by atoms with Gasteiger partial charge in [0.2, 0.25) is 0 Å². The smallest absolute Gasteiger partial charge is 0.305 e. The number of thiophene rings is 1. The van der Waals surface area contributed by atoms with Crippen molar-refractivity contribution in [1.82, 2.24) is 0 Å². The van der Waals surface area contributed by atoms with Crippen molar-refractivity contribution in [2.45, 2.75) is 85.7 Å². The van der Waals surface area contributed by atoms with Crippen LogP contribution in [0.2, 0.25) is 0 Å². The molecule has 1 atom stereocenters. The molecule has 0 radical (unpaired) electrons. The minimum atomic E-state index is -0.524. The van der Waals surface area contributed by atoms with Crippen LogP contribution in [-0.4, -0.2) is 30.9 Å². The molecule has 2 rings (SSSR count). The Morgan fingerprint density at radius 2 is 1.75 bits per heavy atom. The summed E-state index contributed by atoms with van der Waals surface area (Å²) < 4.78 is 10.8. The number of aliphatic hydroxyl groups excluding tert-OH is 1. The molecule has 0 aliphatic carbocycles. The Bertz CT molecular complexity index is 903. The summed E-state index contributed by atoms with van der Waals surface area (Å²) in [6, 6.07) is 8.74. The van der Waals surface area contributed by atoms with Gasteiger partial charge in [-0.15, -0.1) is 11.3 Å². The molecule has 1 unspecified atom stereocenters. The van der Waals surface area contributed by atoms with Crippen molar-refractivity contribution in [1.29, 1.82) is 0 Å². The van der Waals surface area contributed by atoms with Crippen molar-refractivity contribution >= 4 is 17.3 Å². The molecule has 0 aliphatic heterocycles. The fraction of sp³-hybridized carbons (Fsp3) is 0.593. The van der Waals surface area contributed by atoms with E-state index in [2.05, 4.69) is 45.9 Å². The highest BCUT2D eigenvalue weighted by atomic mass is 32.1. The molecule has 4 nitrogen and oxygen atoms in total. The average molecular weight is 461 g/mol. The maximum absolute atomic E-state index is 11.6. The Hall–Kier alpha value is -1.85. The predicted octanol–water partition coefficient (Wildman–Crippen LogP) is 6.36. The van der Waals surface area contributed by atoms with E-state index in [1.165, 1.54) is 28.0 Å². The van der Waals surface area contributed by atoms with Gasteiger partial charge in [0.15, 0.2) is 0 Å². The van der Waals surface area contributed by atoms with Gasteiger partial charge >= 0.3 is 5.97 Å². The second kappa shape index (κ2) is 10.8. The third-order valence-electron chi connectivity index (χ3n) is 6.61. The number of benzene rings is 1. The van der Waals surface area contributed by atoms with Crippen LogP contribution in [0.25, 0.3) is 0 Å². The summed E-state index contributed by atoms with van der Waals surface area (Å²) in [7, 11) is 1.44. The summed E-state index contributed by atoms with van der Waals surface area (Å²) in [4.78, 5) is 14.2. The highest BCUT2D eigenvalue weighted by Crippen LogP contribution is 2.44. The molecule has 0 spiro atoms. The lowest BCUT2D eigenvalue weighted by atomic mass is 9.74. The first-order chi connectivity index (χ1) is 15.0. The fourth-order valence-corrected chi connectivity index (χ4v) is 5.53. The van der Waals surface area contributed by atoms with E-state index < -0.39 is 6.10 Å². The van der Waals surface area contributed by atoms with Crippen LogP contribution < -0.4 is 4.74 Å². The van der Waals surface area contributed by atoms with Gasteiger partial charge in [-0.05, 0) is 67.3 Å². The van der Waals surface area contributed by atoms with E-state index in [0.717, 1.165) is 24.2 Å². The van der Waals surface area contributed by atoms with Crippen molar-refractivity contribution in [2.24, 2.45) is 5.41 Å². The van der Waals surface area contributed by atoms with Crippen LogP contribution in [0.4, 0.5) is 0 Å². The molecule has 0 aliphatic rings. The van der Waals surface area contributed by atoms with Gasteiger partial charge in [0, 0.05) is 15.2 Å². The zero-order chi connectivity index (χ0) is 24.1. The quantitative estimate of drug-likeness (QED) is 0.419. The van der Waals surface area contributed by atoms with E-state index in [0.29, 0.717) is 12.8 Å². The minimum Gasteiger partial charge on any atom is -0.491 e. The summed E-state index contributed by atoms with van der Waals surface area (Å²) in [6.45, 7) is 15.0. The van der Waals surface area contributed by atoms with E-state index in [9.17, 15) is 9.90 Å². The van der Waals surface area contributed by atoms with Gasteiger partial charge in [0.1, 0.15) is 12.4 Å². The van der Waals surface area contributed by atoms with E-state index in [1.807, 2.05) is 38.2 Å². The van der Waals surface area contributed by atoms with Crippen LogP contribution in [0.15, 0.2) is 24.3 Å². The zero-order valence-electron chi connectivity index (χ0n) is 21.0. The summed E-state index contributed by atoms with van der Waals surface area (Å²) >= 11 is 1.82. The first-order valence-electron chi connectivity index (χ1n) is 11.6.